The predicted octanol–water partition coefficient (Wildman–Crippen LogP) is 6.89. The maximum absolute atomic E-state index is 6.18. The fourth-order valence-corrected chi connectivity index (χ4v) is 3.18. The second-order valence-corrected chi connectivity index (χ2v) is 7.20. The van der Waals surface area contributed by atoms with Crippen molar-refractivity contribution in [2.24, 2.45) is 0 Å². The van der Waals surface area contributed by atoms with Gasteiger partial charge < -0.3 is 0 Å². The molecule has 0 saturated carbocycles. The van der Waals surface area contributed by atoms with Gasteiger partial charge in [-0.05, 0) is 30.3 Å². The number of nitrogens with zero attached hydrogens (tertiary/aromatic N) is 2. The normalized spacial score (nSPS) is 10.7. The van der Waals surface area contributed by atoms with E-state index >= 15 is 0 Å². The van der Waals surface area contributed by atoms with Gasteiger partial charge >= 0.3 is 0 Å². The van der Waals surface area contributed by atoms with Gasteiger partial charge in [-0.3, -0.25) is 0 Å². The molecule has 126 valence electrons. The lowest BCUT2D eigenvalue weighted by atomic mass is 10.1. The van der Waals surface area contributed by atoms with Crippen LogP contribution in [0.3, 0.4) is 0 Å². The lowest BCUT2D eigenvalue weighted by Gasteiger charge is -2.09. The van der Waals surface area contributed by atoms with Crippen LogP contribution >= 0.6 is 27.5 Å². The Bertz CT molecular complexity index is 1050. The number of aromatic nitrogens is 2. The van der Waals surface area contributed by atoms with Crippen LogP contribution in [-0.2, 0) is 0 Å². The first kappa shape index (κ1) is 17.0. The first-order chi connectivity index (χ1) is 12.7. The van der Waals surface area contributed by atoms with Gasteiger partial charge in [0.25, 0.3) is 0 Å². The molecule has 26 heavy (non-hydrogen) atoms. The Labute approximate surface area is 165 Å². The van der Waals surface area contributed by atoms with Crippen LogP contribution in [0.5, 0.6) is 0 Å². The molecule has 1 aromatic heterocycles. The molecule has 4 rings (SSSR count). The van der Waals surface area contributed by atoms with Crippen molar-refractivity contribution in [1.29, 1.82) is 0 Å². The Kier molecular flexibility index (Phi) is 4.83. The predicted molar refractivity (Wildman–Crippen MR) is 111 cm³/mol. The maximum atomic E-state index is 6.18. The summed E-state index contributed by atoms with van der Waals surface area (Å²) in [6, 6.07) is 27.8. The standard InChI is InChI=1S/C22H14BrClN2/c23-18-11-9-15(10-12-18)20-14-21(17-7-4-8-19(24)13-17)26-22(25-20)16-5-2-1-3-6-16/h1-14H. The summed E-state index contributed by atoms with van der Waals surface area (Å²) in [7, 11) is 0. The molecule has 0 bridgehead atoms. The highest BCUT2D eigenvalue weighted by atomic mass is 79.9. The minimum absolute atomic E-state index is 0.688. The molecular weight excluding hydrogens is 408 g/mol. The zero-order valence-electron chi connectivity index (χ0n) is 13.7. The summed E-state index contributed by atoms with van der Waals surface area (Å²) >= 11 is 9.66. The van der Waals surface area contributed by atoms with Gasteiger partial charge in [-0.25, -0.2) is 9.97 Å². The highest BCUT2D eigenvalue weighted by molar-refractivity contribution is 9.10. The minimum Gasteiger partial charge on any atom is -0.228 e. The lowest BCUT2D eigenvalue weighted by Crippen LogP contribution is -1.95. The van der Waals surface area contributed by atoms with E-state index in [9.17, 15) is 0 Å². The number of rotatable bonds is 3. The van der Waals surface area contributed by atoms with E-state index in [1.807, 2.05) is 84.9 Å². The van der Waals surface area contributed by atoms with Gasteiger partial charge in [-0.1, -0.05) is 82.1 Å². The molecule has 0 aliphatic carbocycles. The highest BCUT2D eigenvalue weighted by Gasteiger charge is 2.10. The van der Waals surface area contributed by atoms with E-state index in [0.717, 1.165) is 32.6 Å². The summed E-state index contributed by atoms with van der Waals surface area (Å²) < 4.78 is 1.04. The third-order valence-electron chi connectivity index (χ3n) is 4.02. The van der Waals surface area contributed by atoms with E-state index in [1.165, 1.54) is 0 Å². The fraction of sp³-hybridized carbons (Fsp3) is 0. The number of hydrogen-bond donors (Lipinski definition) is 0. The van der Waals surface area contributed by atoms with Crippen molar-refractivity contribution >= 4 is 27.5 Å². The monoisotopic (exact) mass is 420 g/mol. The summed E-state index contributed by atoms with van der Waals surface area (Å²) in [5.74, 6) is 0.695. The van der Waals surface area contributed by atoms with E-state index in [0.29, 0.717) is 10.8 Å². The third-order valence-corrected chi connectivity index (χ3v) is 4.78. The molecule has 3 aromatic carbocycles. The van der Waals surface area contributed by atoms with Gasteiger partial charge in [0.05, 0.1) is 11.4 Å². The van der Waals surface area contributed by atoms with Crippen molar-refractivity contribution in [3.63, 3.8) is 0 Å². The van der Waals surface area contributed by atoms with Crippen molar-refractivity contribution in [1.82, 2.24) is 9.97 Å². The number of hydrogen-bond acceptors (Lipinski definition) is 2. The molecule has 0 N–H and O–H groups in total. The smallest absolute Gasteiger partial charge is 0.160 e. The van der Waals surface area contributed by atoms with Crippen LogP contribution in [0.25, 0.3) is 33.9 Å². The van der Waals surface area contributed by atoms with Crippen LogP contribution in [0.2, 0.25) is 5.02 Å². The highest BCUT2D eigenvalue weighted by Crippen LogP contribution is 2.29. The quantitative estimate of drug-likeness (QED) is 0.360. The van der Waals surface area contributed by atoms with Crippen molar-refractivity contribution in [2.45, 2.75) is 0 Å². The Morgan fingerprint density at radius 1 is 0.615 bits per heavy atom. The molecule has 2 nitrogen and oxygen atoms in total. The summed E-state index contributed by atoms with van der Waals surface area (Å²) in [4.78, 5) is 9.57. The SMILES string of the molecule is Clc1cccc(-c2cc(-c3ccc(Br)cc3)nc(-c3ccccc3)n2)c1. The van der Waals surface area contributed by atoms with E-state index in [2.05, 4.69) is 15.9 Å². The van der Waals surface area contributed by atoms with Crippen molar-refractivity contribution in [3.8, 4) is 33.9 Å². The van der Waals surface area contributed by atoms with Gasteiger partial charge in [0, 0.05) is 26.2 Å². The molecule has 0 saturated heterocycles. The van der Waals surface area contributed by atoms with Crippen LogP contribution in [0.1, 0.15) is 0 Å². The molecular formula is C22H14BrClN2. The Morgan fingerprint density at radius 3 is 1.96 bits per heavy atom. The van der Waals surface area contributed by atoms with Crippen LogP contribution < -0.4 is 0 Å². The summed E-state index contributed by atoms with van der Waals surface area (Å²) in [6.07, 6.45) is 0. The maximum Gasteiger partial charge on any atom is 0.160 e. The van der Waals surface area contributed by atoms with E-state index in [-0.39, 0.29) is 0 Å². The van der Waals surface area contributed by atoms with Gasteiger partial charge in [0.1, 0.15) is 0 Å². The number of halogens is 2. The second kappa shape index (κ2) is 7.40. The topological polar surface area (TPSA) is 25.8 Å². The number of benzene rings is 3. The largest absolute Gasteiger partial charge is 0.228 e. The van der Waals surface area contributed by atoms with Crippen LogP contribution in [-0.4, -0.2) is 9.97 Å². The first-order valence-electron chi connectivity index (χ1n) is 8.15. The molecule has 0 radical (unpaired) electrons. The Balaban J connectivity index is 1.91. The summed E-state index contributed by atoms with van der Waals surface area (Å²) in [5.41, 5.74) is 4.71. The zero-order valence-corrected chi connectivity index (χ0v) is 16.1. The van der Waals surface area contributed by atoms with Gasteiger partial charge in [0.15, 0.2) is 5.82 Å². The lowest BCUT2D eigenvalue weighted by molar-refractivity contribution is 1.18. The molecule has 0 unspecified atom stereocenters. The minimum atomic E-state index is 0.688. The van der Waals surface area contributed by atoms with Gasteiger partial charge in [-0.2, -0.15) is 0 Å². The Hall–Kier alpha value is -2.49. The molecule has 0 amide bonds. The second-order valence-electron chi connectivity index (χ2n) is 5.85. The molecule has 1 heterocycles. The summed E-state index contributed by atoms with van der Waals surface area (Å²) in [6.45, 7) is 0. The third kappa shape index (κ3) is 3.69. The fourth-order valence-electron chi connectivity index (χ4n) is 2.73. The van der Waals surface area contributed by atoms with Crippen LogP contribution in [0.4, 0.5) is 0 Å². The summed E-state index contributed by atoms with van der Waals surface area (Å²) in [5, 5.41) is 0.688. The Morgan fingerprint density at radius 2 is 1.27 bits per heavy atom. The van der Waals surface area contributed by atoms with Crippen molar-refractivity contribution in [3.05, 3.63) is 94.4 Å². The van der Waals surface area contributed by atoms with E-state index < -0.39 is 0 Å². The van der Waals surface area contributed by atoms with Gasteiger partial charge in [-0.15, -0.1) is 0 Å². The molecule has 0 fully saturated rings. The van der Waals surface area contributed by atoms with Crippen LogP contribution in [0, 0.1) is 0 Å². The van der Waals surface area contributed by atoms with Crippen molar-refractivity contribution in [2.75, 3.05) is 0 Å². The molecule has 0 atom stereocenters. The van der Waals surface area contributed by atoms with E-state index in [4.69, 9.17) is 21.6 Å². The average Bonchev–Trinajstić information content (AvgIpc) is 2.69. The van der Waals surface area contributed by atoms with E-state index in [1.54, 1.807) is 0 Å². The average molecular weight is 422 g/mol. The van der Waals surface area contributed by atoms with Crippen molar-refractivity contribution < 1.29 is 0 Å². The molecule has 0 spiro atoms. The zero-order chi connectivity index (χ0) is 17.9. The molecule has 4 heteroatoms. The molecule has 0 aliphatic rings. The van der Waals surface area contributed by atoms with Crippen LogP contribution in [0.15, 0.2) is 89.4 Å². The first-order valence-corrected chi connectivity index (χ1v) is 9.32. The molecule has 4 aromatic rings. The van der Waals surface area contributed by atoms with Gasteiger partial charge in [0.2, 0.25) is 0 Å². The molecule has 0 aliphatic heterocycles.